The van der Waals surface area contributed by atoms with Crippen molar-refractivity contribution in [2.75, 3.05) is 19.0 Å². The van der Waals surface area contributed by atoms with Gasteiger partial charge in [-0.2, -0.15) is 0 Å². The van der Waals surface area contributed by atoms with Gasteiger partial charge in [0.1, 0.15) is 5.75 Å². The van der Waals surface area contributed by atoms with Crippen LogP contribution in [0.5, 0.6) is 5.75 Å². The zero-order valence-corrected chi connectivity index (χ0v) is 17.6. The molecule has 8 nitrogen and oxygen atoms in total. The van der Waals surface area contributed by atoms with E-state index in [4.69, 9.17) is 9.47 Å². The summed E-state index contributed by atoms with van der Waals surface area (Å²) in [4.78, 5) is 36.6. The summed E-state index contributed by atoms with van der Waals surface area (Å²) in [6.07, 6.45) is 0. The van der Waals surface area contributed by atoms with Gasteiger partial charge < -0.3 is 25.4 Å². The van der Waals surface area contributed by atoms with Gasteiger partial charge in [0.05, 0.1) is 18.7 Å². The predicted octanol–water partition coefficient (Wildman–Crippen LogP) is 3.14. The number of hydrogen-bond donors (Lipinski definition) is 3. The molecule has 0 aromatic heterocycles. The minimum atomic E-state index is -0.658. The first-order chi connectivity index (χ1) is 14.9. The van der Waals surface area contributed by atoms with Crippen LogP contribution < -0.4 is 20.7 Å². The second-order valence-corrected chi connectivity index (χ2v) is 7.28. The Labute approximate surface area is 180 Å². The van der Waals surface area contributed by atoms with Gasteiger partial charge in [-0.15, -0.1) is 0 Å². The van der Waals surface area contributed by atoms with Crippen LogP contribution in [0.15, 0.2) is 65.9 Å². The van der Waals surface area contributed by atoms with Crippen LogP contribution in [0.1, 0.15) is 25.5 Å². The third kappa shape index (κ3) is 5.42. The van der Waals surface area contributed by atoms with Gasteiger partial charge in [0.2, 0.25) is 0 Å². The number of carbonyl (C=O) groups excluding carboxylic acids is 3. The number of methoxy groups -OCH3 is 1. The molecule has 2 aromatic carbocycles. The fourth-order valence-electron chi connectivity index (χ4n) is 3.25. The molecule has 0 bridgehead atoms. The number of amides is 3. The van der Waals surface area contributed by atoms with Crippen LogP contribution in [-0.2, 0) is 14.3 Å². The molecule has 1 unspecified atom stereocenters. The fourth-order valence-corrected chi connectivity index (χ4v) is 3.25. The molecule has 0 spiro atoms. The van der Waals surface area contributed by atoms with Gasteiger partial charge in [-0.25, -0.2) is 9.59 Å². The zero-order valence-electron chi connectivity index (χ0n) is 17.6. The van der Waals surface area contributed by atoms with Gasteiger partial charge in [0.15, 0.2) is 6.61 Å². The van der Waals surface area contributed by atoms with Crippen molar-refractivity contribution < 1.29 is 23.9 Å². The monoisotopic (exact) mass is 423 g/mol. The number of hydrogen-bond acceptors (Lipinski definition) is 5. The van der Waals surface area contributed by atoms with Crippen LogP contribution in [0.4, 0.5) is 10.5 Å². The number of para-hydroxylation sites is 1. The lowest BCUT2D eigenvalue weighted by Gasteiger charge is -2.30. The smallest absolute Gasteiger partial charge is 0.337 e. The molecule has 0 fully saturated rings. The van der Waals surface area contributed by atoms with E-state index in [2.05, 4.69) is 16.0 Å². The van der Waals surface area contributed by atoms with Gasteiger partial charge in [0, 0.05) is 11.4 Å². The second kappa shape index (κ2) is 9.80. The van der Waals surface area contributed by atoms with Gasteiger partial charge >= 0.3 is 12.0 Å². The molecular weight excluding hydrogens is 398 g/mol. The Kier molecular flexibility index (Phi) is 6.92. The summed E-state index contributed by atoms with van der Waals surface area (Å²) in [7, 11) is 1.30. The Balaban J connectivity index is 1.72. The molecule has 1 heterocycles. The maximum atomic E-state index is 12.4. The van der Waals surface area contributed by atoms with E-state index in [0.29, 0.717) is 28.3 Å². The Bertz CT molecular complexity index is 984. The average Bonchev–Trinajstić information content (AvgIpc) is 2.77. The van der Waals surface area contributed by atoms with Crippen molar-refractivity contribution in [2.24, 2.45) is 5.92 Å². The summed E-state index contributed by atoms with van der Waals surface area (Å²) in [6, 6.07) is 14.9. The molecular formula is C23H25N3O5. The molecule has 0 radical (unpaired) electrons. The molecule has 3 N–H and O–H groups in total. The number of allylic oxidation sites excluding steroid dienone is 1. The summed E-state index contributed by atoms with van der Waals surface area (Å²) in [5, 5.41) is 8.22. The van der Waals surface area contributed by atoms with Crippen LogP contribution in [-0.4, -0.2) is 31.6 Å². The summed E-state index contributed by atoms with van der Waals surface area (Å²) >= 11 is 0. The van der Waals surface area contributed by atoms with E-state index in [1.165, 1.54) is 7.11 Å². The Morgan fingerprint density at radius 1 is 1.06 bits per heavy atom. The Hall–Kier alpha value is -3.81. The first-order valence-electron chi connectivity index (χ1n) is 9.86. The molecule has 2 aromatic rings. The van der Waals surface area contributed by atoms with Crippen molar-refractivity contribution in [1.82, 2.24) is 10.6 Å². The molecule has 8 heteroatoms. The van der Waals surface area contributed by atoms with Crippen LogP contribution in [0.3, 0.4) is 0 Å². The molecule has 31 heavy (non-hydrogen) atoms. The van der Waals surface area contributed by atoms with E-state index in [-0.39, 0.29) is 24.5 Å². The Morgan fingerprint density at radius 2 is 1.74 bits per heavy atom. The summed E-state index contributed by atoms with van der Waals surface area (Å²) in [5.41, 5.74) is 2.26. The highest BCUT2D eigenvalue weighted by Gasteiger charge is 2.34. The molecule has 1 aliphatic rings. The van der Waals surface area contributed by atoms with Crippen LogP contribution in [0.2, 0.25) is 0 Å². The van der Waals surface area contributed by atoms with Crippen molar-refractivity contribution in [3.05, 3.63) is 71.4 Å². The number of anilines is 1. The van der Waals surface area contributed by atoms with Gasteiger partial charge in [-0.1, -0.05) is 44.2 Å². The quantitative estimate of drug-likeness (QED) is 0.594. The number of benzene rings is 2. The zero-order chi connectivity index (χ0) is 22.4. The normalized spacial score (nSPS) is 15.7. The highest BCUT2D eigenvalue weighted by Crippen LogP contribution is 2.31. The van der Waals surface area contributed by atoms with Gasteiger partial charge in [-0.3, -0.25) is 4.79 Å². The highest BCUT2D eigenvalue weighted by molar-refractivity contribution is 5.95. The van der Waals surface area contributed by atoms with E-state index in [9.17, 15) is 14.4 Å². The topological polar surface area (TPSA) is 106 Å². The molecule has 162 valence electrons. The first-order valence-corrected chi connectivity index (χ1v) is 9.86. The number of urea groups is 1. The van der Waals surface area contributed by atoms with Crippen molar-refractivity contribution in [3.8, 4) is 5.75 Å². The van der Waals surface area contributed by atoms with Crippen molar-refractivity contribution >= 4 is 23.6 Å². The third-order valence-electron chi connectivity index (χ3n) is 4.73. The molecule has 0 aliphatic carbocycles. The van der Waals surface area contributed by atoms with Crippen LogP contribution >= 0.6 is 0 Å². The minimum Gasteiger partial charge on any atom is -0.484 e. The van der Waals surface area contributed by atoms with Crippen molar-refractivity contribution in [2.45, 2.75) is 19.9 Å². The van der Waals surface area contributed by atoms with E-state index < -0.39 is 12.0 Å². The SMILES string of the molecule is COC(=O)C1=C(C(C)C)NC(=O)NC1c1ccc(OCC(=O)Nc2ccccc2)cc1. The predicted molar refractivity (Wildman–Crippen MR) is 115 cm³/mol. The standard InChI is InChI=1S/C23H25N3O5/c1-14(2)20-19(22(28)30-3)21(26-23(29)25-20)15-9-11-17(12-10-15)31-13-18(27)24-16-7-5-4-6-8-16/h4-12,14,21H,13H2,1-3H3,(H,24,27)(H2,25,26,29). The lowest BCUT2D eigenvalue weighted by Crippen LogP contribution is -2.47. The van der Waals surface area contributed by atoms with E-state index >= 15 is 0 Å². The van der Waals surface area contributed by atoms with Gasteiger partial charge in [-0.05, 0) is 35.7 Å². The van der Waals surface area contributed by atoms with Crippen LogP contribution in [0.25, 0.3) is 0 Å². The fraction of sp³-hybridized carbons (Fsp3) is 0.261. The molecule has 1 atom stereocenters. The molecule has 0 saturated heterocycles. The highest BCUT2D eigenvalue weighted by atomic mass is 16.5. The molecule has 0 saturated carbocycles. The molecule has 1 aliphatic heterocycles. The Morgan fingerprint density at radius 3 is 2.35 bits per heavy atom. The van der Waals surface area contributed by atoms with E-state index in [1.807, 2.05) is 32.0 Å². The van der Waals surface area contributed by atoms with E-state index in [1.54, 1.807) is 36.4 Å². The second-order valence-electron chi connectivity index (χ2n) is 7.28. The molecule has 3 amide bonds. The van der Waals surface area contributed by atoms with Crippen molar-refractivity contribution in [3.63, 3.8) is 0 Å². The number of nitrogens with one attached hydrogen (secondary N) is 3. The largest absolute Gasteiger partial charge is 0.484 e. The maximum absolute atomic E-state index is 12.4. The number of carbonyl (C=O) groups is 3. The maximum Gasteiger partial charge on any atom is 0.337 e. The minimum absolute atomic E-state index is 0.0756. The first kappa shape index (κ1) is 21.9. The lowest BCUT2D eigenvalue weighted by atomic mass is 9.91. The summed E-state index contributed by atoms with van der Waals surface area (Å²) < 4.78 is 10.5. The summed E-state index contributed by atoms with van der Waals surface area (Å²) in [5.74, 6) is -0.384. The average molecular weight is 423 g/mol. The van der Waals surface area contributed by atoms with E-state index in [0.717, 1.165) is 0 Å². The number of esters is 1. The van der Waals surface area contributed by atoms with Crippen molar-refractivity contribution in [1.29, 1.82) is 0 Å². The lowest BCUT2D eigenvalue weighted by molar-refractivity contribution is -0.136. The summed E-state index contributed by atoms with van der Waals surface area (Å²) in [6.45, 7) is 3.62. The number of rotatable bonds is 7. The van der Waals surface area contributed by atoms with Gasteiger partial charge in [0.25, 0.3) is 5.91 Å². The third-order valence-corrected chi connectivity index (χ3v) is 4.73. The number of ether oxygens (including phenoxy) is 2. The van der Waals surface area contributed by atoms with Crippen LogP contribution in [0, 0.1) is 5.92 Å². The molecule has 3 rings (SSSR count).